The fourth-order valence-electron chi connectivity index (χ4n) is 1.53. The lowest BCUT2D eigenvalue weighted by Gasteiger charge is -2.23. The molecular formula is C10H16F3N3O4S2. The summed E-state index contributed by atoms with van der Waals surface area (Å²) in [6.07, 6.45) is 7.09. The van der Waals surface area contributed by atoms with E-state index in [2.05, 4.69) is 4.79 Å². The molecule has 0 aromatic carbocycles. The third-order valence-electron chi connectivity index (χ3n) is 2.59. The van der Waals surface area contributed by atoms with E-state index in [1.807, 2.05) is 12.5 Å². The summed E-state index contributed by atoms with van der Waals surface area (Å²) in [4.78, 5) is 16.7. The third-order valence-corrected chi connectivity index (χ3v) is 4.18. The average molecular weight is 363 g/mol. The predicted octanol–water partition coefficient (Wildman–Crippen LogP) is 0.556. The normalized spacial score (nSPS) is 15.7. The maximum atomic E-state index is 11.8. The van der Waals surface area contributed by atoms with Crippen LogP contribution in [-0.2, 0) is 25.8 Å². The molecule has 1 amide bonds. The summed E-state index contributed by atoms with van der Waals surface area (Å²) in [7, 11) is -6.37. The van der Waals surface area contributed by atoms with Crippen molar-refractivity contribution < 1.29 is 35.7 Å². The smallest absolute Gasteiger partial charge is 0.548 e. The van der Waals surface area contributed by atoms with Gasteiger partial charge in [-0.25, -0.2) is 8.42 Å². The van der Waals surface area contributed by atoms with Crippen molar-refractivity contribution in [2.45, 2.75) is 24.8 Å². The number of rotatable bonds is 0. The number of halogens is 3. The van der Waals surface area contributed by atoms with Crippen molar-refractivity contribution in [2.75, 3.05) is 25.6 Å². The van der Waals surface area contributed by atoms with Gasteiger partial charge in [0, 0.05) is 13.1 Å². The number of likely N-dealkylation sites (tertiary alicyclic amines) is 1. The molecule has 0 N–H and O–H groups in total. The van der Waals surface area contributed by atoms with Gasteiger partial charge in [0.2, 0.25) is 0 Å². The zero-order valence-electron chi connectivity index (χ0n) is 12.0. The van der Waals surface area contributed by atoms with Gasteiger partial charge in [-0.1, -0.05) is 0 Å². The maximum Gasteiger partial charge on any atom is 0.548 e. The summed E-state index contributed by atoms with van der Waals surface area (Å²) >= 11 is 0. The Morgan fingerprint density at radius 3 is 1.91 bits per heavy atom. The van der Waals surface area contributed by atoms with Crippen molar-refractivity contribution in [3.05, 3.63) is 5.53 Å². The van der Waals surface area contributed by atoms with Gasteiger partial charge in [-0.2, -0.15) is 13.2 Å². The lowest BCUT2D eigenvalue weighted by Crippen LogP contribution is -2.42. The minimum atomic E-state index is -6.09. The molecular weight excluding hydrogens is 347 g/mol. The SMILES string of the molecule is C[S+](C)C(=[N+]=[N-])C(=O)N1CCCCC1.O=S(=O)([O-])C(F)(F)F. The Kier molecular flexibility index (Phi) is 8.09. The molecule has 1 saturated heterocycles. The molecule has 7 nitrogen and oxygen atoms in total. The molecule has 0 bridgehead atoms. The first kappa shape index (κ1) is 20.9. The number of hydrogen-bond donors (Lipinski definition) is 0. The minimum Gasteiger partial charge on any atom is -0.741 e. The zero-order valence-corrected chi connectivity index (χ0v) is 13.6. The first-order valence-electron chi connectivity index (χ1n) is 6.03. The van der Waals surface area contributed by atoms with Crippen LogP contribution in [0.1, 0.15) is 19.3 Å². The van der Waals surface area contributed by atoms with Gasteiger partial charge in [0.1, 0.15) is 23.4 Å². The van der Waals surface area contributed by atoms with Gasteiger partial charge in [0.05, 0.1) is 0 Å². The Bertz CT molecular complexity index is 536. The molecule has 1 rings (SSSR count). The van der Waals surface area contributed by atoms with E-state index >= 15 is 0 Å². The monoisotopic (exact) mass is 363 g/mol. The van der Waals surface area contributed by atoms with Crippen molar-refractivity contribution in [1.82, 2.24) is 4.90 Å². The highest BCUT2D eigenvalue weighted by Crippen LogP contribution is 2.20. The van der Waals surface area contributed by atoms with Gasteiger partial charge >= 0.3 is 16.5 Å². The summed E-state index contributed by atoms with van der Waals surface area (Å²) in [5.41, 5.74) is 3.10. The Morgan fingerprint density at radius 1 is 1.23 bits per heavy atom. The molecule has 22 heavy (non-hydrogen) atoms. The lowest BCUT2D eigenvalue weighted by molar-refractivity contribution is -0.128. The van der Waals surface area contributed by atoms with Gasteiger partial charge in [-0.15, -0.1) is 4.79 Å². The Labute approximate surface area is 129 Å². The van der Waals surface area contributed by atoms with E-state index in [0.29, 0.717) is 5.04 Å². The first-order valence-corrected chi connectivity index (χ1v) is 9.47. The van der Waals surface area contributed by atoms with Crippen LogP contribution in [0.2, 0.25) is 0 Å². The third kappa shape index (κ3) is 6.77. The Morgan fingerprint density at radius 2 is 1.64 bits per heavy atom. The minimum absolute atomic E-state index is 0.0967. The van der Waals surface area contributed by atoms with Crippen LogP contribution >= 0.6 is 0 Å². The van der Waals surface area contributed by atoms with Gasteiger partial charge in [-0.05, 0) is 19.3 Å². The van der Waals surface area contributed by atoms with E-state index in [1.165, 1.54) is 6.42 Å². The molecule has 0 aromatic rings. The Hall–Kier alpha value is -1.10. The van der Waals surface area contributed by atoms with E-state index < -0.39 is 15.6 Å². The van der Waals surface area contributed by atoms with E-state index in [9.17, 15) is 18.0 Å². The van der Waals surface area contributed by atoms with Crippen molar-refractivity contribution in [3.63, 3.8) is 0 Å². The number of carbonyl (C=O) groups is 1. The quantitative estimate of drug-likeness (QED) is 0.119. The zero-order chi connectivity index (χ0) is 17.6. The second kappa shape index (κ2) is 8.51. The van der Waals surface area contributed by atoms with Crippen LogP contribution in [0.15, 0.2) is 0 Å². The van der Waals surface area contributed by atoms with E-state index in [1.54, 1.807) is 4.90 Å². The number of carbonyl (C=O) groups excluding carboxylic acids is 1. The topological polar surface area (TPSA) is 114 Å². The van der Waals surface area contributed by atoms with E-state index in [-0.39, 0.29) is 16.8 Å². The number of piperidine rings is 1. The average Bonchev–Trinajstić information content (AvgIpc) is 2.38. The van der Waals surface area contributed by atoms with E-state index in [0.717, 1.165) is 25.9 Å². The summed E-state index contributed by atoms with van der Waals surface area (Å²) in [6.45, 7) is 1.60. The maximum absolute atomic E-state index is 11.8. The number of hydrogen-bond acceptors (Lipinski definition) is 4. The Balaban J connectivity index is 0.000000472. The fraction of sp³-hybridized carbons (Fsp3) is 0.800. The van der Waals surface area contributed by atoms with Gasteiger partial charge in [0.15, 0.2) is 10.1 Å². The highest BCUT2D eigenvalue weighted by atomic mass is 32.2. The van der Waals surface area contributed by atoms with Crippen molar-refractivity contribution in [2.24, 2.45) is 0 Å². The van der Waals surface area contributed by atoms with Crippen LogP contribution < -0.4 is 0 Å². The number of amides is 1. The molecule has 12 heteroatoms. The molecule has 1 aliphatic rings. The molecule has 0 spiro atoms. The van der Waals surface area contributed by atoms with Crippen LogP contribution in [0.5, 0.6) is 0 Å². The number of nitrogens with zero attached hydrogens (tertiary/aromatic N) is 3. The molecule has 0 radical (unpaired) electrons. The van der Waals surface area contributed by atoms with Gasteiger partial charge < -0.3 is 15.0 Å². The van der Waals surface area contributed by atoms with Crippen LogP contribution in [0.3, 0.4) is 0 Å². The van der Waals surface area contributed by atoms with E-state index in [4.69, 9.17) is 18.5 Å². The largest absolute Gasteiger partial charge is 0.741 e. The van der Waals surface area contributed by atoms with Gasteiger partial charge in [-0.3, -0.25) is 4.79 Å². The molecule has 0 aromatic heterocycles. The molecule has 0 atom stereocenters. The molecule has 1 heterocycles. The van der Waals surface area contributed by atoms with Crippen LogP contribution in [0, 0.1) is 0 Å². The van der Waals surface area contributed by atoms with Crippen LogP contribution in [-0.4, -0.2) is 64.7 Å². The second-order valence-electron chi connectivity index (χ2n) is 4.47. The molecule has 1 aliphatic heterocycles. The van der Waals surface area contributed by atoms with Crippen molar-refractivity contribution in [1.29, 1.82) is 0 Å². The highest BCUT2D eigenvalue weighted by Gasteiger charge is 2.38. The first-order chi connectivity index (χ1) is 9.91. The summed E-state index contributed by atoms with van der Waals surface area (Å²) in [5, 5.41) is 0.298. The van der Waals surface area contributed by atoms with Gasteiger partial charge in [0.25, 0.3) is 0 Å². The number of alkyl halides is 3. The van der Waals surface area contributed by atoms with Crippen molar-refractivity contribution >= 4 is 32.0 Å². The van der Waals surface area contributed by atoms with Crippen molar-refractivity contribution in [3.8, 4) is 0 Å². The molecule has 1 fully saturated rings. The lowest BCUT2D eigenvalue weighted by atomic mass is 10.1. The molecule has 0 unspecified atom stereocenters. The predicted molar refractivity (Wildman–Crippen MR) is 74.0 cm³/mol. The molecule has 0 aliphatic carbocycles. The summed E-state index contributed by atoms with van der Waals surface area (Å²) in [5.74, 6) is -0.0967. The second-order valence-corrected chi connectivity index (χ2v) is 7.87. The molecule has 128 valence electrons. The standard InChI is InChI=1S/C9H16N3OS.CHF3O3S/c1-14(2)8(11-10)9(13)12-6-4-3-5-7-12;2-1(3,4)8(5,6)7/h3-7H2,1-2H3;(H,5,6,7)/q+1;/p-1. The molecule has 0 saturated carbocycles. The van der Waals surface area contributed by atoms with Crippen LogP contribution in [0.25, 0.3) is 5.53 Å². The summed E-state index contributed by atoms with van der Waals surface area (Å²) in [6, 6.07) is 0. The van der Waals surface area contributed by atoms with Crippen LogP contribution in [0.4, 0.5) is 13.2 Å². The summed E-state index contributed by atoms with van der Waals surface area (Å²) < 4.78 is 58.9. The highest BCUT2D eigenvalue weighted by molar-refractivity contribution is 8.11. The fourth-order valence-corrected chi connectivity index (χ4v) is 2.17.